The number of rotatable bonds is 5. The molecule has 0 saturated carbocycles. The number of hydrogen-bond donors (Lipinski definition) is 1. The SMILES string of the molecule is CCc1nc2ccc(Br)nc2n1Cc1ccc2oc(-c3ccccc3-c3nn[nH]n3)c(Br)c2c1. The lowest BCUT2D eigenvalue weighted by Gasteiger charge is -2.08. The van der Waals surface area contributed by atoms with E-state index in [-0.39, 0.29) is 0 Å². The molecule has 34 heavy (non-hydrogen) atoms. The topological polar surface area (TPSA) is 98.3 Å². The maximum absolute atomic E-state index is 6.27. The zero-order valence-electron chi connectivity index (χ0n) is 18.0. The summed E-state index contributed by atoms with van der Waals surface area (Å²) in [6.45, 7) is 2.77. The first-order valence-electron chi connectivity index (χ1n) is 10.7. The Morgan fingerprint density at radius 2 is 1.85 bits per heavy atom. The van der Waals surface area contributed by atoms with E-state index in [2.05, 4.69) is 81.1 Å². The number of aromatic amines is 1. The number of nitrogens with one attached hydrogen (secondary N) is 1. The van der Waals surface area contributed by atoms with E-state index in [4.69, 9.17) is 9.40 Å². The van der Waals surface area contributed by atoms with Crippen molar-refractivity contribution in [1.29, 1.82) is 0 Å². The van der Waals surface area contributed by atoms with Crippen LogP contribution in [-0.2, 0) is 13.0 Å². The van der Waals surface area contributed by atoms with Crippen LogP contribution in [0.3, 0.4) is 0 Å². The molecule has 0 unspecified atom stereocenters. The second kappa shape index (κ2) is 8.44. The summed E-state index contributed by atoms with van der Waals surface area (Å²) in [6.07, 6.45) is 0.822. The molecule has 0 radical (unpaired) electrons. The molecule has 0 aliphatic heterocycles. The predicted octanol–water partition coefficient (Wildman–Crippen LogP) is 6.16. The number of tetrazole rings is 1. The van der Waals surface area contributed by atoms with Crippen LogP contribution in [0.2, 0.25) is 0 Å². The minimum absolute atomic E-state index is 0.515. The van der Waals surface area contributed by atoms with Gasteiger partial charge in [0, 0.05) is 22.9 Å². The monoisotopic (exact) mass is 577 g/mol. The third-order valence-corrected chi connectivity index (χ3v) is 6.97. The number of benzene rings is 2. The van der Waals surface area contributed by atoms with Gasteiger partial charge >= 0.3 is 0 Å². The van der Waals surface area contributed by atoms with Gasteiger partial charge < -0.3 is 8.98 Å². The summed E-state index contributed by atoms with van der Waals surface area (Å²) in [5, 5.41) is 15.5. The third-order valence-electron chi connectivity index (χ3n) is 5.74. The van der Waals surface area contributed by atoms with Crippen molar-refractivity contribution >= 4 is 54.0 Å². The Labute approximate surface area is 210 Å². The van der Waals surface area contributed by atoms with E-state index < -0.39 is 0 Å². The van der Waals surface area contributed by atoms with Crippen LogP contribution in [0.15, 0.2) is 68.1 Å². The fourth-order valence-corrected chi connectivity index (χ4v) is 5.09. The van der Waals surface area contributed by atoms with Crippen LogP contribution < -0.4 is 0 Å². The molecule has 8 nitrogen and oxygen atoms in total. The lowest BCUT2D eigenvalue weighted by atomic mass is 10.0. The first-order valence-corrected chi connectivity index (χ1v) is 12.3. The van der Waals surface area contributed by atoms with Gasteiger partial charge in [-0.05, 0) is 66.9 Å². The van der Waals surface area contributed by atoms with E-state index in [9.17, 15) is 0 Å². The molecule has 0 bridgehead atoms. The Balaban J connectivity index is 1.44. The molecule has 0 atom stereocenters. The fraction of sp³-hybridized carbons (Fsp3) is 0.125. The molecule has 0 amide bonds. The molecule has 0 fully saturated rings. The van der Waals surface area contributed by atoms with Crippen LogP contribution in [0.1, 0.15) is 18.3 Å². The highest BCUT2D eigenvalue weighted by Crippen LogP contribution is 2.41. The van der Waals surface area contributed by atoms with Gasteiger partial charge in [0.2, 0.25) is 5.82 Å². The van der Waals surface area contributed by atoms with Crippen molar-refractivity contribution in [2.24, 2.45) is 0 Å². The lowest BCUT2D eigenvalue weighted by molar-refractivity contribution is 0.629. The molecule has 4 heterocycles. The number of pyridine rings is 1. The van der Waals surface area contributed by atoms with E-state index in [0.29, 0.717) is 12.4 Å². The molecule has 168 valence electrons. The van der Waals surface area contributed by atoms with Crippen molar-refractivity contribution in [3.8, 4) is 22.7 Å². The Bertz CT molecular complexity index is 1650. The van der Waals surface area contributed by atoms with Gasteiger partial charge in [-0.3, -0.25) is 0 Å². The first-order chi connectivity index (χ1) is 16.6. The minimum Gasteiger partial charge on any atom is -0.455 e. The van der Waals surface area contributed by atoms with Gasteiger partial charge in [0.05, 0.1) is 11.0 Å². The predicted molar refractivity (Wildman–Crippen MR) is 136 cm³/mol. The second-order valence-electron chi connectivity index (χ2n) is 7.80. The average Bonchev–Trinajstić information content (AvgIpc) is 3.58. The number of aromatic nitrogens is 7. The third kappa shape index (κ3) is 3.54. The van der Waals surface area contributed by atoms with Crippen LogP contribution in [0.25, 0.3) is 44.8 Å². The maximum atomic E-state index is 6.27. The Morgan fingerprint density at radius 3 is 2.65 bits per heavy atom. The van der Waals surface area contributed by atoms with E-state index in [0.717, 1.165) is 65.9 Å². The van der Waals surface area contributed by atoms with Gasteiger partial charge in [-0.2, -0.15) is 5.21 Å². The molecule has 0 aliphatic carbocycles. The molecule has 10 heteroatoms. The number of imidazole rings is 1. The Hall–Kier alpha value is -3.37. The molecule has 6 rings (SSSR count). The normalized spacial score (nSPS) is 11.6. The van der Waals surface area contributed by atoms with Crippen LogP contribution in [0.4, 0.5) is 0 Å². The number of fused-ring (bicyclic) bond motifs is 2. The number of H-pyrrole nitrogens is 1. The standard InChI is InChI=1S/C24H17Br2N7O/c1-2-20-27-17-8-10-19(25)28-24(17)33(20)12-13-7-9-18-16(11-13)21(26)22(34-18)14-5-3-4-6-15(14)23-29-31-32-30-23/h3-11H,2,12H2,1H3,(H,29,30,31,32). The summed E-state index contributed by atoms with van der Waals surface area (Å²) in [4.78, 5) is 9.43. The van der Waals surface area contributed by atoms with E-state index in [1.54, 1.807) is 0 Å². The van der Waals surface area contributed by atoms with Crippen molar-refractivity contribution in [1.82, 2.24) is 35.2 Å². The van der Waals surface area contributed by atoms with Crippen molar-refractivity contribution in [2.75, 3.05) is 0 Å². The number of furan rings is 1. The zero-order valence-corrected chi connectivity index (χ0v) is 21.1. The van der Waals surface area contributed by atoms with E-state index in [1.165, 1.54) is 0 Å². The van der Waals surface area contributed by atoms with Gasteiger partial charge in [0.15, 0.2) is 5.65 Å². The van der Waals surface area contributed by atoms with Gasteiger partial charge in [0.1, 0.15) is 27.3 Å². The maximum Gasteiger partial charge on any atom is 0.205 e. The van der Waals surface area contributed by atoms with Gasteiger partial charge in [-0.1, -0.05) is 37.3 Å². The molecule has 2 aromatic carbocycles. The van der Waals surface area contributed by atoms with Crippen LogP contribution in [0, 0.1) is 0 Å². The van der Waals surface area contributed by atoms with E-state index >= 15 is 0 Å². The molecular weight excluding hydrogens is 562 g/mol. The van der Waals surface area contributed by atoms with Crippen LogP contribution in [-0.4, -0.2) is 35.2 Å². The Morgan fingerprint density at radius 1 is 1.00 bits per heavy atom. The summed E-state index contributed by atoms with van der Waals surface area (Å²) in [5.74, 6) is 2.24. The highest BCUT2D eigenvalue weighted by Gasteiger charge is 2.20. The van der Waals surface area contributed by atoms with Crippen molar-refractivity contribution in [3.05, 3.63) is 75.1 Å². The fourth-order valence-electron chi connectivity index (χ4n) is 4.18. The van der Waals surface area contributed by atoms with Crippen molar-refractivity contribution in [3.63, 3.8) is 0 Å². The second-order valence-corrected chi connectivity index (χ2v) is 9.41. The first kappa shape index (κ1) is 21.2. The summed E-state index contributed by atoms with van der Waals surface area (Å²) < 4.78 is 10.1. The molecule has 0 spiro atoms. The van der Waals surface area contributed by atoms with Gasteiger partial charge in [-0.15, -0.1) is 10.2 Å². The smallest absolute Gasteiger partial charge is 0.205 e. The highest BCUT2D eigenvalue weighted by molar-refractivity contribution is 9.11. The largest absolute Gasteiger partial charge is 0.455 e. The molecule has 1 N–H and O–H groups in total. The lowest BCUT2D eigenvalue weighted by Crippen LogP contribution is -2.05. The Kier molecular flexibility index (Phi) is 5.26. The minimum atomic E-state index is 0.515. The van der Waals surface area contributed by atoms with E-state index in [1.807, 2.05) is 42.5 Å². The number of hydrogen-bond acceptors (Lipinski definition) is 6. The molecular formula is C24H17Br2N7O. The molecule has 6 aromatic rings. The summed E-state index contributed by atoms with van der Waals surface area (Å²) >= 11 is 7.26. The van der Waals surface area contributed by atoms with Crippen molar-refractivity contribution < 1.29 is 4.42 Å². The quantitative estimate of drug-likeness (QED) is 0.246. The van der Waals surface area contributed by atoms with Crippen LogP contribution >= 0.6 is 31.9 Å². The average molecular weight is 579 g/mol. The zero-order chi connectivity index (χ0) is 23.2. The molecule has 4 aromatic heterocycles. The molecule has 0 aliphatic rings. The number of aryl methyl sites for hydroxylation is 1. The summed E-state index contributed by atoms with van der Waals surface area (Å²) in [5.41, 5.74) is 5.41. The van der Waals surface area contributed by atoms with Gasteiger partial charge in [-0.25, -0.2) is 9.97 Å². The van der Waals surface area contributed by atoms with Crippen molar-refractivity contribution in [2.45, 2.75) is 19.9 Å². The number of halogens is 2. The highest BCUT2D eigenvalue weighted by atomic mass is 79.9. The summed E-state index contributed by atoms with van der Waals surface area (Å²) in [6, 6.07) is 18.0. The summed E-state index contributed by atoms with van der Waals surface area (Å²) in [7, 11) is 0. The number of nitrogens with zero attached hydrogens (tertiary/aromatic N) is 6. The molecule has 0 saturated heterocycles. The van der Waals surface area contributed by atoms with Crippen LogP contribution in [0.5, 0.6) is 0 Å². The van der Waals surface area contributed by atoms with Gasteiger partial charge in [0.25, 0.3) is 0 Å².